The van der Waals surface area contributed by atoms with Crippen LogP contribution in [-0.4, -0.2) is 0 Å². The highest BCUT2D eigenvalue weighted by Gasteiger charge is 1.91. The molecule has 0 saturated carbocycles. The zero-order valence-corrected chi connectivity index (χ0v) is 5.31. The number of nitrogens with one attached hydrogen (secondary N) is 1. The Balaban J connectivity index is 3.17. The van der Waals surface area contributed by atoms with E-state index in [4.69, 9.17) is 11.5 Å². The van der Waals surface area contributed by atoms with E-state index in [0.717, 1.165) is 5.56 Å². The third-order valence-corrected chi connectivity index (χ3v) is 1.21. The smallest absolute Gasteiger partial charge is 0.0771 e. The zero-order valence-electron chi connectivity index (χ0n) is 5.31. The normalized spacial score (nSPS) is 9.44. The van der Waals surface area contributed by atoms with E-state index in [9.17, 15) is 0 Å². The molecular formula is C7H9N2. The second kappa shape index (κ2) is 1.97. The third-order valence-electron chi connectivity index (χ3n) is 1.21. The van der Waals surface area contributed by atoms with Gasteiger partial charge in [0.05, 0.1) is 11.4 Å². The van der Waals surface area contributed by atoms with Gasteiger partial charge in [0.15, 0.2) is 0 Å². The predicted octanol–water partition coefficient (Wildman–Crippen LogP) is 1.49. The van der Waals surface area contributed by atoms with Crippen LogP contribution < -0.4 is 11.5 Å². The molecule has 3 N–H and O–H groups in total. The van der Waals surface area contributed by atoms with Gasteiger partial charge in [-0.05, 0) is 24.6 Å². The van der Waals surface area contributed by atoms with Gasteiger partial charge in [0.2, 0.25) is 0 Å². The maximum Gasteiger partial charge on any atom is 0.0771 e. The molecule has 0 fully saturated rings. The van der Waals surface area contributed by atoms with E-state index in [-0.39, 0.29) is 0 Å². The van der Waals surface area contributed by atoms with Crippen LogP contribution in [0.2, 0.25) is 0 Å². The maximum absolute atomic E-state index is 7.24. The van der Waals surface area contributed by atoms with Crippen LogP contribution in [0.25, 0.3) is 0 Å². The highest BCUT2D eigenvalue weighted by atomic mass is 14.7. The lowest BCUT2D eigenvalue weighted by atomic mass is 10.2. The standard InChI is InChI=1S/C7H9N2/c1-5-2-3-6(8)7(9)4-5/h2-4,9H,8H2,1H3. The summed E-state index contributed by atoms with van der Waals surface area (Å²) in [6.07, 6.45) is 0. The molecule has 1 rings (SSSR count). The minimum atomic E-state index is 0.412. The average molecular weight is 121 g/mol. The largest absolute Gasteiger partial charge is 0.397 e. The van der Waals surface area contributed by atoms with Crippen molar-refractivity contribution in [3.63, 3.8) is 0 Å². The van der Waals surface area contributed by atoms with Crippen LogP contribution in [0.1, 0.15) is 5.56 Å². The lowest BCUT2D eigenvalue weighted by molar-refractivity contribution is 1.41. The van der Waals surface area contributed by atoms with Crippen LogP contribution >= 0.6 is 0 Å². The fraction of sp³-hybridized carbons (Fsp3) is 0.143. The molecule has 0 aliphatic rings. The highest BCUT2D eigenvalue weighted by molar-refractivity contribution is 5.61. The van der Waals surface area contributed by atoms with Crippen LogP contribution in [0.4, 0.5) is 11.4 Å². The maximum atomic E-state index is 7.24. The molecule has 9 heavy (non-hydrogen) atoms. The molecule has 0 atom stereocenters. The van der Waals surface area contributed by atoms with Crippen LogP contribution in [0, 0.1) is 6.92 Å². The van der Waals surface area contributed by atoms with Gasteiger partial charge in [-0.15, -0.1) is 0 Å². The fourth-order valence-electron chi connectivity index (χ4n) is 0.670. The Hall–Kier alpha value is -1.18. The molecule has 0 bridgehead atoms. The molecule has 2 nitrogen and oxygen atoms in total. The Morgan fingerprint density at radius 3 is 2.56 bits per heavy atom. The van der Waals surface area contributed by atoms with Gasteiger partial charge in [0.25, 0.3) is 0 Å². The molecule has 0 saturated heterocycles. The molecule has 1 aromatic carbocycles. The van der Waals surface area contributed by atoms with Gasteiger partial charge in [0.1, 0.15) is 0 Å². The number of nitrogen functional groups attached to an aromatic ring is 1. The number of anilines is 1. The van der Waals surface area contributed by atoms with Crippen molar-refractivity contribution < 1.29 is 0 Å². The summed E-state index contributed by atoms with van der Waals surface area (Å²) >= 11 is 0. The van der Waals surface area contributed by atoms with Gasteiger partial charge in [-0.2, -0.15) is 0 Å². The van der Waals surface area contributed by atoms with Crippen molar-refractivity contribution >= 4 is 11.4 Å². The molecule has 1 aromatic rings. The van der Waals surface area contributed by atoms with E-state index in [1.165, 1.54) is 0 Å². The Morgan fingerprint density at radius 1 is 1.44 bits per heavy atom. The summed E-state index contributed by atoms with van der Waals surface area (Å²) in [5, 5.41) is 0. The molecule has 1 radical (unpaired) electrons. The van der Waals surface area contributed by atoms with E-state index in [1.807, 2.05) is 13.0 Å². The quantitative estimate of drug-likeness (QED) is 0.519. The van der Waals surface area contributed by atoms with E-state index in [1.54, 1.807) is 12.1 Å². The molecule has 0 aromatic heterocycles. The lowest BCUT2D eigenvalue weighted by Crippen LogP contribution is -1.86. The third kappa shape index (κ3) is 1.13. The summed E-state index contributed by atoms with van der Waals surface area (Å²) in [6, 6.07) is 5.39. The van der Waals surface area contributed by atoms with Crippen molar-refractivity contribution in [1.82, 2.24) is 5.73 Å². The number of benzene rings is 1. The topological polar surface area (TPSA) is 49.8 Å². The van der Waals surface area contributed by atoms with E-state index < -0.39 is 0 Å². The Bertz CT molecular complexity index is 218. The first-order chi connectivity index (χ1) is 4.20. The van der Waals surface area contributed by atoms with Crippen LogP contribution in [-0.2, 0) is 0 Å². The molecule has 0 aliphatic heterocycles. The van der Waals surface area contributed by atoms with Gasteiger partial charge in [-0.1, -0.05) is 6.07 Å². The number of nitrogens with two attached hydrogens (primary N) is 1. The van der Waals surface area contributed by atoms with Gasteiger partial charge in [0, 0.05) is 0 Å². The first-order valence-corrected chi connectivity index (χ1v) is 2.78. The van der Waals surface area contributed by atoms with Crippen molar-refractivity contribution in [2.75, 3.05) is 5.73 Å². The number of hydrogen-bond acceptors (Lipinski definition) is 1. The summed E-state index contributed by atoms with van der Waals surface area (Å²) in [5.41, 5.74) is 14.7. The lowest BCUT2D eigenvalue weighted by Gasteiger charge is -1.97. The van der Waals surface area contributed by atoms with E-state index >= 15 is 0 Å². The molecular weight excluding hydrogens is 112 g/mol. The summed E-state index contributed by atoms with van der Waals surface area (Å²) in [5.74, 6) is 0. The van der Waals surface area contributed by atoms with Crippen molar-refractivity contribution in [1.29, 1.82) is 0 Å². The Morgan fingerprint density at radius 2 is 2.11 bits per heavy atom. The van der Waals surface area contributed by atoms with Gasteiger partial charge < -0.3 is 5.73 Å². The van der Waals surface area contributed by atoms with Crippen LogP contribution in [0.15, 0.2) is 18.2 Å². The number of hydrogen-bond donors (Lipinski definition) is 1. The molecule has 0 aliphatic carbocycles. The second-order valence-corrected chi connectivity index (χ2v) is 2.09. The van der Waals surface area contributed by atoms with Crippen molar-refractivity contribution in [2.45, 2.75) is 6.92 Å². The fourth-order valence-corrected chi connectivity index (χ4v) is 0.670. The monoisotopic (exact) mass is 121 g/mol. The van der Waals surface area contributed by atoms with Crippen molar-refractivity contribution in [3.8, 4) is 0 Å². The zero-order chi connectivity index (χ0) is 6.85. The summed E-state index contributed by atoms with van der Waals surface area (Å²) in [4.78, 5) is 0. The molecule has 0 spiro atoms. The minimum absolute atomic E-state index is 0.412. The van der Waals surface area contributed by atoms with Crippen LogP contribution in [0.5, 0.6) is 0 Å². The first kappa shape index (κ1) is 5.95. The minimum Gasteiger partial charge on any atom is -0.397 e. The summed E-state index contributed by atoms with van der Waals surface area (Å²) in [6.45, 7) is 1.94. The van der Waals surface area contributed by atoms with Gasteiger partial charge in [-0.3, -0.25) is 5.73 Å². The SMILES string of the molecule is Cc1ccc(N)c([NH])c1. The summed E-state index contributed by atoms with van der Waals surface area (Å²) in [7, 11) is 0. The van der Waals surface area contributed by atoms with E-state index in [0.29, 0.717) is 11.4 Å². The predicted molar refractivity (Wildman–Crippen MR) is 38.3 cm³/mol. The average Bonchev–Trinajstić information content (AvgIpc) is 1.80. The molecule has 0 heterocycles. The van der Waals surface area contributed by atoms with Gasteiger partial charge in [-0.25, -0.2) is 0 Å². The molecule has 47 valence electrons. The summed E-state index contributed by atoms with van der Waals surface area (Å²) < 4.78 is 0. The molecule has 0 amide bonds. The second-order valence-electron chi connectivity index (χ2n) is 2.09. The number of aryl methyl sites for hydroxylation is 1. The Labute approximate surface area is 54.5 Å². The molecule has 2 heteroatoms. The van der Waals surface area contributed by atoms with Crippen molar-refractivity contribution in [2.24, 2.45) is 0 Å². The first-order valence-electron chi connectivity index (χ1n) is 2.78. The van der Waals surface area contributed by atoms with Gasteiger partial charge >= 0.3 is 0 Å². The van der Waals surface area contributed by atoms with E-state index in [2.05, 4.69) is 0 Å². The van der Waals surface area contributed by atoms with Crippen molar-refractivity contribution in [3.05, 3.63) is 23.8 Å². The molecule has 0 unspecified atom stereocenters. The number of rotatable bonds is 0. The van der Waals surface area contributed by atoms with Crippen LogP contribution in [0.3, 0.4) is 0 Å². The highest BCUT2D eigenvalue weighted by Crippen LogP contribution is 2.16. The Kier molecular flexibility index (Phi) is 1.30.